The molecule has 0 amide bonds. The first-order chi connectivity index (χ1) is 7.75. The Morgan fingerprint density at radius 3 is 2.88 bits per heavy atom. The van der Waals surface area contributed by atoms with E-state index >= 15 is 0 Å². The highest BCUT2D eigenvalue weighted by Gasteiger charge is 2.12. The Morgan fingerprint density at radius 2 is 2.19 bits per heavy atom. The van der Waals surface area contributed by atoms with Crippen molar-refractivity contribution in [3.8, 4) is 0 Å². The summed E-state index contributed by atoms with van der Waals surface area (Å²) in [5, 5.41) is 4.67. The molecule has 2 rings (SSSR count). The van der Waals surface area contributed by atoms with Gasteiger partial charge in [0, 0.05) is 19.2 Å². The fourth-order valence-corrected chi connectivity index (χ4v) is 2.13. The van der Waals surface area contributed by atoms with Crippen molar-refractivity contribution in [2.75, 3.05) is 13.2 Å². The topological polar surface area (TPSA) is 21.3 Å². The lowest BCUT2D eigenvalue weighted by Gasteiger charge is -2.23. The molecule has 0 aliphatic carbocycles. The highest BCUT2D eigenvalue weighted by Crippen LogP contribution is 2.22. The molecule has 2 nitrogen and oxygen atoms in total. The van der Waals surface area contributed by atoms with E-state index in [1.807, 2.05) is 18.2 Å². The summed E-state index contributed by atoms with van der Waals surface area (Å²) in [5.74, 6) is 0. The molecule has 16 heavy (non-hydrogen) atoms. The number of hydrogen-bond donors (Lipinski definition) is 1. The number of hydrogen-bond acceptors (Lipinski definition) is 2. The van der Waals surface area contributed by atoms with Crippen LogP contribution in [0.15, 0.2) is 18.2 Å². The van der Waals surface area contributed by atoms with Crippen LogP contribution < -0.4 is 5.32 Å². The largest absolute Gasteiger partial charge is 0.380 e. The van der Waals surface area contributed by atoms with Crippen molar-refractivity contribution in [3.63, 3.8) is 0 Å². The second-order valence-electron chi connectivity index (χ2n) is 4.04. The number of halogens is 2. The Balaban J connectivity index is 1.86. The summed E-state index contributed by atoms with van der Waals surface area (Å²) in [5.41, 5.74) is 1.15. The maximum atomic E-state index is 5.95. The van der Waals surface area contributed by atoms with E-state index in [-0.39, 0.29) is 0 Å². The molecule has 1 aromatic rings. The highest BCUT2D eigenvalue weighted by molar-refractivity contribution is 6.42. The molecule has 88 valence electrons. The maximum absolute atomic E-state index is 5.95. The zero-order valence-corrected chi connectivity index (χ0v) is 10.5. The van der Waals surface area contributed by atoms with Gasteiger partial charge in [-0.15, -0.1) is 0 Å². The molecule has 1 aliphatic rings. The molecule has 0 saturated carbocycles. The predicted molar refractivity (Wildman–Crippen MR) is 67.1 cm³/mol. The summed E-state index contributed by atoms with van der Waals surface area (Å²) in [4.78, 5) is 0. The van der Waals surface area contributed by atoms with Gasteiger partial charge in [0.1, 0.15) is 0 Å². The minimum Gasteiger partial charge on any atom is -0.380 e. The molecule has 0 radical (unpaired) electrons. The lowest BCUT2D eigenvalue weighted by atomic mass is 10.1. The molecule has 1 heterocycles. The van der Waals surface area contributed by atoms with E-state index in [0.29, 0.717) is 16.1 Å². The molecule has 1 atom stereocenters. The zero-order chi connectivity index (χ0) is 11.4. The Hall–Kier alpha value is -0.280. The number of ether oxygens (including phenoxy) is 1. The summed E-state index contributed by atoms with van der Waals surface area (Å²) < 4.78 is 5.40. The van der Waals surface area contributed by atoms with Crippen molar-refractivity contribution in [3.05, 3.63) is 33.8 Å². The van der Waals surface area contributed by atoms with Crippen LogP contribution in [0.25, 0.3) is 0 Å². The number of nitrogens with one attached hydrogen (secondary N) is 1. The van der Waals surface area contributed by atoms with Crippen molar-refractivity contribution < 1.29 is 4.74 Å². The first-order valence-electron chi connectivity index (χ1n) is 5.51. The second-order valence-corrected chi connectivity index (χ2v) is 4.86. The highest BCUT2D eigenvalue weighted by atomic mass is 35.5. The van der Waals surface area contributed by atoms with Crippen molar-refractivity contribution in [2.24, 2.45) is 0 Å². The van der Waals surface area contributed by atoms with Gasteiger partial charge in [0.2, 0.25) is 0 Å². The van der Waals surface area contributed by atoms with Crippen LogP contribution in [-0.2, 0) is 11.3 Å². The minimum absolute atomic E-state index is 0.461. The first-order valence-corrected chi connectivity index (χ1v) is 6.26. The van der Waals surface area contributed by atoms with Gasteiger partial charge in [0.15, 0.2) is 0 Å². The Labute approximate surface area is 106 Å². The summed E-state index contributed by atoms with van der Waals surface area (Å²) in [6, 6.07) is 6.19. The molecule has 1 saturated heterocycles. The summed E-state index contributed by atoms with van der Waals surface area (Å²) in [6.45, 7) is 2.51. The van der Waals surface area contributed by atoms with Crippen molar-refractivity contribution in [1.82, 2.24) is 5.32 Å². The van der Waals surface area contributed by atoms with Gasteiger partial charge in [-0.2, -0.15) is 0 Å². The molecule has 0 aromatic heterocycles. The van der Waals surface area contributed by atoms with Gasteiger partial charge >= 0.3 is 0 Å². The number of benzene rings is 1. The van der Waals surface area contributed by atoms with E-state index in [1.54, 1.807) is 0 Å². The fraction of sp³-hybridized carbons (Fsp3) is 0.500. The third kappa shape index (κ3) is 3.36. The van der Waals surface area contributed by atoms with Gasteiger partial charge in [-0.3, -0.25) is 0 Å². The van der Waals surface area contributed by atoms with Crippen LogP contribution in [0.3, 0.4) is 0 Å². The van der Waals surface area contributed by atoms with Gasteiger partial charge in [-0.25, -0.2) is 0 Å². The molecular weight excluding hydrogens is 245 g/mol. The molecule has 0 spiro atoms. The normalized spacial score (nSPS) is 21.0. The van der Waals surface area contributed by atoms with Crippen molar-refractivity contribution >= 4 is 23.2 Å². The van der Waals surface area contributed by atoms with Crippen LogP contribution in [0.2, 0.25) is 10.0 Å². The summed E-state index contributed by atoms with van der Waals surface area (Å²) in [7, 11) is 0. The Kier molecular flexibility index (Phi) is 4.47. The molecule has 1 N–H and O–H groups in total. The SMILES string of the molecule is Clc1ccc(CNC2CCCOC2)cc1Cl. The van der Waals surface area contributed by atoms with Crippen LogP contribution in [0, 0.1) is 0 Å². The fourth-order valence-electron chi connectivity index (χ4n) is 1.81. The molecule has 1 aliphatic heterocycles. The smallest absolute Gasteiger partial charge is 0.0619 e. The zero-order valence-electron chi connectivity index (χ0n) is 9.01. The lowest BCUT2D eigenvalue weighted by Crippen LogP contribution is -2.36. The van der Waals surface area contributed by atoms with E-state index < -0.39 is 0 Å². The maximum Gasteiger partial charge on any atom is 0.0619 e. The minimum atomic E-state index is 0.461. The molecule has 1 unspecified atom stereocenters. The first kappa shape index (κ1) is 12.2. The predicted octanol–water partition coefficient (Wildman–Crippen LogP) is 3.26. The van der Waals surface area contributed by atoms with Gasteiger partial charge in [-0.1, -0.05) is 29.3 Å². The van der Waals surface area contributed by atoms with Crippen molar-refractivity contribution in [2.45, 2.75) is 25.4 Å². The van der Waals surface area contributed by atoms with E-state index in [4.69, 9.17) is 27.9 Å². The standard InChI is InChI=1S/C12H15Cl2NO/c13-11-4-3-9(6-12(11)14)7-15-10-2-1-5-16-8-10/h3-4,6,10,15H,1-2,5,7-8H2. The van der Waals surface area contributed by atoms with Crippen LogP contribution in [0.5, 0.6) is 0 Å². The van der Waals surface area contributed by atoms with Crippen molar-refractivity contribution in [1.29, 1.82) is 0 Å². The molecule has 0 bridgehead atoms. The van der Waals surface area contributed by atoms with Gasteiger partial charge in [0.05, 0.1) is 16.7 Å². The van der Waals surface area contributed by atoms with E-state index in [2.05, 4.69) is 5.32 Å². The van der Waals surface area contributed by atoms with Crippen LogP contribution in [-0.4, -0.2) is 19.3 Å². The van der Waals surface area contributed by atoms with E-state index in [0.717, 1.165) is 31.7 Å². The lowest BCUT2D eigenvalue weighted by molar-refractivity contribution is 0.0699. The average Bonchev–Trinajstić information content (AvgIpc) is 2.32. The summed E-state index contributed by atoms with van der Waals surface area (Å²) in [6.07, 6.45) is 2.32. The molecule has 1 fully saturated rings. The molecular formula is C12H15Cl2NO. The van der Waals surface area contributed by atoms with Crippen LogP contribution in [0.1, 0.15) is 18.4 Å². The van der Waals surface area contributed by atoms with Gasteiger partial charge in [-0.05, 0) is 30.5 Å². The Bertz CT molecular complexity index is 351. The third-order valence-electron chi connectivity index (χ3n) is 2.74. The quantitative estimate of drug-likeness (QED) is 0.900. The average molecular weight is 260 g/mol. The number of rotatable bonds is 3. The molecule has 1 aromatic carbocycles. The van der Waals surface area contributed by atoms with Gasteiger partial charge in [0.25, 0.3) is 0 Å². The van der Waals surface area contributed by atoms with Gasteiger partial charge < -0.3 is 10.1 Å². The monoisotopic (exact) mass is 259 g/mol. The summed E-state index contributed by atoms with van der Waals surface area (Å²) >= 11 is 11.8. The third-order valence-corrected chi connectivity index (χ3v) is 3.48. The molecule has 4 heteroatoms. The Morgan fingerprint density at radius 1 is 1.31 bits per heavy atom. The van der Waals surface area contributed by atoms with Crippen LogP contribution >= 0.6 is 23.2 Å². The second kappa shape index (κ2) is 5.87. The van der Waals surface area contributed by atoms with Crippen LogP contribution in [0.4, 0.5) is 0 Å². The van der Waals surface area contributed by atoms with E-state index in [1.165, 1.54) is 6.42 Å². The van der Waals surface area contributed by atoms with E-state index in [9.17, 15) is 0 Å².